The highest BCUT2D eigenvalue weighted by Crippen LogP contribution is 2.29. The second kappa shape index (κ2) is 7.46. The number of nitrogens with one attached hydrogen (secondary N) is 1. The average molecular weight is 377 g/mol. The second-order valence-corrected chi connectivity index (χ2v) is 7.48. The van der Waals surface area contributed by atoms with Crippen molar-refractivity contribution in [2.24, 2.45) is 0 Å². The van der Waals surface area contributed by atoms with Gasteiger partial charge in [0.05, 0.1) is 5.69 Å². The van der Waals surface area contributed by atoms with E-state index in [0.29, 0.717) is 11.7 Å². The van der Waals surface area contributed by atoms with E-state index in [-0.39, 0.29) is 5.57 Å². The molecule has 4 rings (SSSR count). The summed E-state index contributed by atoms with van der Waals surface area (Å²) in [4.78, 5) is 38.5. The maximum Gasteiger partial charge on any atom is 0.335 e. The van der Waals surface area contributed by atoms with Gasteiger partial charge in [0.25, 0.3) is 11.8 Å². The Kier molecular flexibility index (Phi) is 4.86. The number of hydrogen-bond donors (Lipinski definition) is 1. The van der Waals surface area contributed by atoms with Crippen molar-refractivity contribution in [3.05, 3.63) is 59.4 Å². The lowest BCUT2D eigenvalue weighted by molar-refractivity contribution is -0.122. The van der Waals surface area contributed by atoms with Gasteiger partial charge >= 0.3 is 6.03 Å². The summed E-state index contributed by atoms with van der Waals surface area (Å²) in [7, 11) is 0. The molecule has 1 aliphatic carbocycles. The number of hydrogen-bond acceptors (Lipinski definition) is 3. The van der Waals surface area contributed by atoms with Gasteiger partial charge in [0, 0.05) is 18.4 Å². The number of carbonyl (C=O) groups is 3. The second-order valence-electron chi connectivity index (χ2n) is 7.48. The summed E-state index contributed by atoms with van der Waals surface area (Å²) < 4.78 is 2.17. The first-order chi connectivity index (χ1) is 13.5. The molecule has 0 radical (unpaired) electrons. The summed E-state index contributed by atoms with van der Waals surface area (Å²) in [6.45, 7) is 1.88. The van der Waals surface area contributed by atoms with Crippen molar-refractivity contribution in [2.75, 3.05) is 4.90 Å². The maximum atomic E-state index is 12.9. The zero-order valence-corrected chi connectivity index (χ0v) is 15.9. The summed E-state index contributed by atoms with van der Waals surface area (Å²) in [5, 5.41) is 2.27. The molecule has 1 aromatic carbocycles. The van der Waals surface area contributed by atoms with Crippen molar-refractivity contribution in [2.45, 2.75) is 45.1 Å². The third-order valence-corrected chi connectivity index (χ3v) is 5.41. The molecule has 6 nitrogen and oxygen atoms in total. The topological polar surface area (TPSA) is 71.4 Å². The van der Waals surface area contributed by atoms with Crippen LogP contribution in [0.5, 0.6) is 0 Å². The number of barbiturate groups is 1. The molecule has 1 aromatic heterocycles. The molecule has 2 fully saturated rings. The van der Waals surface area contributed by atoms with Gasteiger partial charge in [0.15, 0.2) is 0 Å². The number of anilines is 1. The quantitative estimate of drug-likeness (QED) is 0.650. The molecule has 1 saturated carbocycles. The van der Waals surface area contributed by atoms with E-state index in [1.54, 1.807) is 24.3 Å². The molecule has 0 spiro atoms. The fraction of sp³-hybridized carbons (Fsp3) is 0.318. The van der Waals surface area contributed by atoms with Gasteiger partial charge in [-0.15, -0.1) is 0 Å². The third kappa shape index (κ3) is 3.50. The standard InChI is InChI=1S/C22H23N3O3/c1-15-6-5-9-18(12-15)25-21(27)19(20(26)23-22(25)28)13-16-10-11-24(14-16)17-7-3-2-4-8-17/h5-6,9-14,17H,2-4,7-8H2,1H3,(H,23,26,28)/b19-13-. The van der Waals surface area contributed by atoms with Crippen LogP contribution in [0.15, 0.2) is 48.3 Å². The summed E-state index contributed by atoms with van der Waals surface area (Å²) in [5.41, 5.74) is 2.11. The first kappa shape index (κ1) is 18.2. The van der Waals surface area contributed by atoms with E-state index in [2.05, 4.69) is 9.88 Å². The number of imide groups is 2. The highest BCUT2D eigenvalue weighted by molar-refractivity contribution is 6.39. The molecule has 1 N–H and O–H groups in total. The number of aromatic nitrogens is 1. The van der Waals surface area contributed by atoms with E-state index >= 15 is 0 Å². The minimum absolute atomic E-state index is 0.0394. The van der Waals surface area contributed by atoms with Crippen LogP contribution in [-0.4, -0.2) is 22.4 Å². The van der Waals surface area contributed by atoms with Crippen LogP contribution >= 0.6 is 0 Å². The summed E-state index contributed by atoms with van der Waals surface area (Å²) >= 11 is 0. The van der Waals surface area contributed by atoms with Gasteiger partial charge in [-0.25, -0.2) is 9.69 Å². The van der Waals surface area contributed by atoms with Crippen LogP contribution in [0.25, 0.3) is 6.08 Å². The van der Waals surface area contributed by atoms with Gasteiger partial charge in [-0.2, -0.15) is 0 Å². The maximum absolute atomic E-state index is 12.9. The lowest BCUT2D eigenvalue weighted by Gasteiger charge is -2.26. The normalized spacial score (nSPS) is 20.0. The molecule has 144 valence electrons. The molecule has 1 saturated heterocycles. The van der Waals surface area contributed by atoms with Crippen LogP contribution in [-0.2, 0) is 9.59 Å². The Morgan fingerprint density at radius 3 is 2.61 bits per heavy atom. The number of urea groups is 1. The Bertz CT molecular complexity index is 967. The zero-order chi connectivity index (χ0) is 19.7. The van der Waals surface area contributed by atoms with Crippen molar-refractivity contribution in [1.29, 1.82) is 0 Å². The van der Waals surface area contributed by atoms with E-state index in [4.69, 9.17) is 0 Å². The Morgan fingerprint density at radius 2 is 1.86 bits per heavy atom. The molecule has 2 heterocycles. The minimum atomic E-state index is -0.725. The third-order valence-electron chi connectivity index (χ3n) is 5.41. The van der Waals surface area contributed by atoms with E-state index in [1.165, 1.54) is 19.3 Å². The van der Waals surface area contributed by atoms with Gasteiger partial charge < -0.3 is 4.57 Å². The largest absolute Gasteiger partial charge is 0.351 e. The van der Waals surface area contributed by atoms with Crippen molar-refractivity contribution >= 4 is 29.6 Å². The predicted octanol–water partition coefficient (Wildman–Crippen LogP) is 3.97. The SMILES string of the molecule is Cc1cccc(N2C(=O)NC(=O)/C(=C/c3ccn(C4CCCCC4)c3)C2=O)c1. The molecule has 28 heavy (non-hydrogen) atoms. The van der Waals surface area contributed by atoms with Crippen molar-refractivity contribution in [3.8, 4) is 0 Å². The van der Waals surface area contributed by atoms with Gasteiger partial charge in [-0.1, -0.05) is 31.4 Å². The molecular formula is C22H23N3O3. The molecule has 0 unspecified atom stereocenters. The van der Waals surface area contributed by atoms with Crippen molar-refractivity contribution < 1.29 is 14.4 Å². The number of carbonyl (C=O) groups excluding carboxylic acids is 3. The molecular weight excluding hydrogens is 354 g/mol. The fourth-order valence-electron chi connectivity index (χ4n) is 3.95. The Morgan fingerprint density at radius 1 is 1.07 bits per heavy atom. The van der Waals surface area contributed by atoms with E-state index in [1.807, 2.05) is 31.5 Å². The lowest BCUT2D eigenvalue weighted by Crippen LogP contribution is -2.54. The number of aryl methyl sites for hydroxylation is 1. The molecule has 4 amide bonds. The number of amides is 4. The summed E-state index contributed by atoms with van der Waals surface area (Å²) in [6.07, 6.45) is 11.6. The Hall–Kier alpha value is -3.15. The van der Waals surface area contributed by atoms with Gasteiger partial charge in [-0.05, 0) is 55.2 Å². The fourth-order valence-corrected chi connectivity index (χ4v) is 3.95. The van der Waals surface area contributed by atoms with Crippen LogP contribution in [0.3, 0.4) is 0 Å². The van der Waals surface area contributed by atoms with Crippen LogP contribution < -0.4 is 10.2 Å². The first-order valence-corrected chi connectivity index (χ1v) is 9.68. The van der Waals surface area contributed by atoms with Crippen LogP contribution in [0.2, 0.25) is 0 Å². The number of rotatable bonds is 3. The van der Waals surface area contributed by atoms with E-state index in [9.17, 15) is 14.4 Å². The van der Waals surface area contributed by atoms with Crippen LogP contribution in [0.1, 0.15) is 49.3 Å². The van der Waals surface area contributed by atoms with E-state index in [0.717, 1.165) is 28.9 Å². The monoisotopic (exact) mass is 377 g/mol. The molecule has 0 bridgehead atoms. The lowest BCUT2D eigenvalue weighted by atomic mass is 9.95. The average Bonchev–Trinajstić information content (AvgIpc) is 3.14. The molecule has 2 aromatic rings. The van der Waals surface area contributed by atoms with Gasteiger partial charge in [0.2, 0.25) is 0 Å². The summed E-state index contributed by atoms with van der Waals surface area (Å²) in [6, 6.07) is 8.72. The molecule has 6 heteroatoms. The van der Waals surface area contributed by atoms with Gasteiger partial charge in [0.1, 0.15) is 5.57 Å². The highest BCUT2D eigenvalue weighted by Gasteiger charge is 2.36. The highest BCUT2D eigenvalue weighted by atomic mass is 16.2. The van der Waals surface area contributed by atoms with Crippen LogP contribution in [0.4, 0.5) is 10.5 Å². The minimum Gasteiger partial charge on any atom is -0.351 e. The van der Waals surface area contributed by atoms with Crippen molar-refractivity contribution in [3.63, 3.8) is 0 Å². The summed E-state index contributed by atoms with van der Waals surface area (Å²) in [5.74, 6) is -1.27. The Balaban J connectivity index is 1.63. The Labute approximate surface area is 163 Å². The van der Waals surface area contributed by atoms with Gasteiger partial charge in [-0.3, -0.25) is 14.9 Å². The molecule has 2 aliphatic rings. The zero-order valence-electron chi connectivity index (χ0n) is 15.9. The van der Waals surface area contributed by atoms with Crippen LogP contribution in [0, 0.1) is 6.92 Å². The van der Waals surface area contributed by atoms with Crippen molar-refractivity contribution in [1.82, 2.24) is 9.88 Å². The number of nitrogens with zero attached hydrogens (tertiary/aromatic N) is 2. The smallest absolute Gasteiger partial charge is 0.335 e. The predicted molar refractivity (Wildman–Crippen MR) is 107 cm³/mol. The molecule has 1 aliphatic heterocycles. The van der Waals surface area contributed by atoms with E-state index < -0.39 is 17.8 Å². The first-order valence-electron chi connectivity index (χ1n) is 9.68. The molecule has 0 atom stereocenters. The number of benzene rings is 1.